The number of rotatable bonds is 7. The molecule has 19 heavy (non-hydrogen) atoms. The van der Waals surface area contributed by atoms with Crippen LogP contribution in [-0.4, -0.2) is 63.5 Å². The van der Waals surface area contributed by atoms with Crippen LogP contribution in [0.3, 0.4) is 0 Å². The van der Waals surface area contributed by atoms with Gasteiger partial charge in [0.05, 0.1) is 16.3 Å². The summed E-state index contributed by atoms with van der Waals surface area (Å²) in [5.41, 5.74) is 5.00. The molecule has 0 bridgehead atoms. The molecule has 1 rings (SSSR count). The molecule has 1 aliphatic heterocycles. The van der Waals surface area contributed by atoms with Crippen LogP contribution in [0, 0.1) is 0 Å². The standard InChI is InChI=1S/C11H23N3O3S2/c1-14-6-4-11(5-7-14,10(12)18)13-19(15,16)9-3-8-17-2/h13H,3-9H2,1-2H3,(H2,12,18). The van der Waals surface area contributed by atoms with E-state index in [0.29, 0.717) is 25.9 Å². The summed E-state index contributed by atoms with van der Waals surface area (Å²) in [6.07, 6.45) is 1.68. The second-order valence-corrected chi connectivity index (χ2v) is 7.30. The molecule has 1 fully saturated rings. The van der Waals surface area contributed by atoms with Crippen molar-refractivity contribution in [1.82, 2.24) is 9.62 Å². The third-order valence-electron chi connectivity index (χ3n) is 3.42. The van der Waals surface area contributed by atoms with Crippen LogP contribution in [0.15, 0.2) is 0 Å². The van der Waals surface area contributed by atoms with Crippen molar-refractivity contribution in [2.45, 2.75) is 24.8 Å². The van der Waals surface area contributed by atoms with Gasteiger partial charge >= 0.3 is 0 Å². The first-order valence-corrected chi connectivity index (χ1v) is 8.36. The fraction of sp³-hybridized carbons (Fsp3) is 0.909. The zero-order valence-electron chi connectivity index (χ0n) is 11.5. The Hall–Kier alpha value is -0.280. The summed E-state index contributed by atoms with van der Waals surface area (Å²) in [6.45, 7) is 1.97. The lowest BCUT2D eigenvalue weighted by atomic mass is 9.89. The zero-order valence-corrected chi connectivity index (χ0v) is 13.1. The lowest BCUT2D eigenvalue weighted by molar-refractivity contribution is 0.199. The largest absolute Gasteiger partial charge is 0.392 e. The van der Waals surface area contributed by atoms with Gasteiger partial charge in [-0.3, -0.25) is 0 Å². The molecule has 0 atom stereocenters. The lowest BCUT2D eigenvalue weighted by Crippen LogP contribution is -2.61. The van der Waals surface area contributed by atoms with E-state index in [1.54, 1.807) is 7.11 Å². The number of hydrogen-bond acceptors (Lipinski definition) is 5. The maximum absolute atomic E-state index is 12.1. The Labute approximate surface area is 120 Å². The third-order valence-corrected chi connectivity index (χ3v) is 5.34. The number of likely N-dealkylation sites (tertiary alicyclic amines) is 1. The van der Waals surface area contributed by atoms with E-state index >= 15 is 0 Å². The molecule has 0 aromatic rings. The van der Waals surface area contributed by atoms with Gasteiger partial charge in [-0.05, 0) is 26.3 Å². The average molecular weight is 309 g/mol. The van der Waals surface area contributed by atoms with E-state index in [0.717, 1.165) is 13.1 Å². The molecule has 6 nitrogen and oxygen atoms in total. The highest BCUT2D eigenvalue weighted by Gasteiger charge is 2.39. The highest BCUT2D eigenvalue weighted by Crippen LogP contribution is 2.23. The van der Waals surface area contributed by atoms with Gasteiger partial charge in [0.15, 0.2) is 0 Å². The Kier molecular flexibility index (Phi) is 6.13. The van der Waals surface area contributed by atoms with Crippen LogP contribution in [0.25, 0.3) is 0 Å². The lowest BCUT2D eigenvalue weighted by Gasteiger charge is -2.40. The van der Waals surface area contributed by atoms with Crippen LogP contribution in [-0.2, 0) is 14.8 Å². The number of thiocarbonyl (C=S) groups is 1. The molecular weight excluding hydrogens is 286 g/mol. The Morgan fingerprint density at radius 1 is 1.47 bits per heavy atom. The highest BCUT2D eigenvalue weighted by molar-refractivity contribution is 7.89. The van der Waals surface area contributed by atoms with Crippen molar-refractivity contribution >= 4 is 27.2 Å². The van der Waals surface area contributed by atoms with Crippen LogP contribution in [0.1, 0.15) is 19.3 Å². The molecule has 0 aromatic carbocycles. The van der Waals surface area contributed by atoms with Crippen molar-refractivity contribution in [3.05, 3.63) is 0 Å². The Balaban J connectivity index is 2.71. The molecule has 0 unspecified atom stereocenters. The molecule has 0 saturated carbocycles. The molecule has 0 radical (unpaired) electrons. The van der Waals surface area contributed by atoms with Crippen molar-refractivity contribution in [3.63, 3.8) is 0 Å². The molecule has 1 aliphatic rings. The van der Waals surface area contributed by atoms with Crippen molar-refractivity contribution in [1.29, 1.82) is 0 Å². The van der Waals surface area contributed by atoms with Crippen LogP contribution in [0.2, 0.25) is 0 Å². The summed E-state index contributed by atoms with van der Waals surface area (Å²) < 4.78 is 31.7. The number of nitrogens with zero attached hydrogens (tertiary/aromatic N) is 1. The fourth-order valence-corrected chi connectivity index (χ4v) is 3.97. The van der Waals surface area contributed by atoms with Crippen molar-refractivity contribution in [2.24, 2.45) is 5.73 Å². The summed E-state index contributed by atoms with van der Waals surface area (Å²) in [4.78, 5) is 2.37. The Morgan fingerprint density at radius 2 is 2.05 bits per heavy atom. The molecule has 1 saturated heterocycles. The van der Waals surface area contributed by atoms with Crippen LogP contribution >= 0.6 is 12.2 Å². The van der Waals surface area contributed by atoms with Crippen molar-refractivity contribution in [3.8, 4) is 0 Å². The molecule has 0 aliphatic carbocycles. The Morgan fingerprint density at radius 3 is 2.53 bits per heavy atom. The fourth-order valence-electron chi connectivity index (χ4n) is 2.14. The van der Waals surface area contributed by atoms with Crippen molar-refractivity contribution in [2.75, 3.05) is 39.6 Å². The molecule has 1 heterocycles. The number of nitrogens with two attached hydrogens (primary N) is 1. The van der Waals surface area contributed by atoms with Gasteiger partial charge in [-0.1, -0.05) is 12.2 Å². The highest BCUT2D eigenvalue weighted by atomic mass is 32.2. The quantitative estimate of drug-likeness (QED) is 0.496. The van der Waals surface area contributed by atoms with E-state index in [9.17, 15) is 8.42 Å². The summed E-state index contributed by atoms with van der Waals surface area (Å²) in [5.74, 6) is 0.0288. The normalized spacial score (nSPS) is 20.3. The first-order valence-electron chi connectivity index (χ1n) is 6.30. The SMILES string of the molecule is COCCCS(=O)(=O)NC1(C(N)=S)CCN(C)CC1. The predicted octanol–water partition coefficient (Wildman–Crippen LogP) is -0.307. The molecule has 112 valence electrons. The third kappa shape index (κ3) is 4.96. The van der Waals surface area contributed by atoms with E-state index < -0.39 is 15.6 Å². The molecule has 8 heteroatoms. The van der Waals surface area contributed by atoms with E-state index in [2.05, 4.69) is 9.62 Å². The molecule has 3 N–H and O–H groups in total. The predicted molar refractivity (Wildman–Crippen MR) is 79.7 cm³/mol. The summed E-state index contributed by atoms with van der Waals surface area (Å²) >= 11 is 5.08. The smallest absolute Gasteiger partial charge is 0.212 e. The second-order valence-electron chi connectivity index (χ2n) is 5.02. The van der Waals surface area contributed by atoms with Gasteiger partial charge < -0.3 is 15.4 Å². The molecule has 0 aromatic heterocycles. The number of methoxy groups -OCH3 is 1. The van der Waals surface area contributed by atoms with Crippen LogP contribution in [0.4, 0.5) is 0 Å². The van der Waals surface area contributed by atoms with E-state index in [1.165, 1.54) is 0 Å². The summed E-state index contributed by atoms with van der Waals surface area (Å²) in [6, 6.07) is 0. The van der Waals surface area contributed by atoms with E-state index in [-0.39, 0.29) is 10.7 Å². The van der Waals surface area contributed by atoms with Crippen LogP contribution < -0.4 is 10.5 Å². The Bertz CT molecular complexity index is 403. The topological polar surface area (TPSA) is 84.7 Å². The van der Waals surface area contributed by atoms with E-state index in [4.69, 9.17) is 22.7 Å². The maximum atomic E-state index is 12.1. The second kappa shape index (κ2) is 6.94. The van der Waals surface area contributed by atoms with Gasteiger partial charge in [0.2, 0.25) is 10.0 Å². The number of piperidine rings is 1. The van der Waals surface area contributed by atoms with Gasteiger partial charge in [-0.15, -0.1) is 0 Å². The molecular formula is C11H23N3O3S2. The average Bonchev–Trinajstić information content (AvgIpc) is 2.32. The number of sulfonamides is 1. The maximum Gasteiger partial charge on any atom is 0.212 e. The monoisotopic (exact) mass is 309 g/mol. The first-order chi connectivity index (χ1) is 8.81. The minimum atomic E-state index is -3.39. The van der Waals surface area contributed by atoms with E-state index in [1.807, 2.05) is 7.05 Å². The van der Waals surface area contributed by atoms with Gasteiger partial charge in [0, 0.05) is 26.8 Å². The first kappa shape index (κ1) is 16.8. The van der Waals surface area contributed by atoms with Crippen LogP contribution in [0.5, 0.6) is 0 Å². The van der Waals surface area contributed by atoms with Gasteiger partial charge in [0.25, 0.3) is 0 Å². The van der Waals surface area contributed by atoms with Gasteiger partial charge in [0.1, 0.15) is 0 Å². The molecule has 0 spiro atoms. The zero-order chi connectivity index (χ0) is 14.5. The number of nitrogens with one attached hydrogen (secondary N) is 1. The minimum Gasteiger partial charge on any atom is -0.392 e. The number of ether oxygens (including phenoxy) is 1. The van der Waals surface area contributed by atoms with Gasteiger partial charge in [-0.2, -0.15) is 0 Å². The summed E-state index contributed by atoms with van der Waals surface area (Å²) in [5, 5.41) is 0. The minimum absolute atomic E-state index is 0.0288. The summed E-state index contributed by atoms with van der Waals surface area (Å²) in [7, 11) is 0.155. The van der Waals surface area contributed by atoms with Gasteiger partial charge in [-0.25, -0.2) is 13.1 Å². The number of hydrogen-bond donors (Lipinski definition) is 2. The molecule has 0 amide bonds. The van der Waals surface area contributed by atoms with Crippen molar-refractivity contribution < 1.29 is 13.2 Å².